The summed E-state index contributed by atoms with van der Waals surface area (Å²) >= 11 is 4.71. The predicted octanol–water partition coefficient (Wildman–Crippen LogP) is 2.86. The lowest BCUT2D eigenvalue weighted by Crippen LogP contribution is -2.21. The van der Waals surface area contributed by atoms with Gasteiger partial charge in [-0.05, 0) is 18.2 Å². The number of thiazole rings is 1. The molecule has 9 nitrogen and oxygen atoms in total. The molecule has 0 spiro atoms. The molecule has 1 aromatic carbocycles. The second-order valence-electron chi connectivity index (χ2n) is 4.88. The van der Waals surface area contributed by atoms with Crippen LogP contribution in [0, 0.1) is 0 Å². The Hall–Kier alpha value is -2.47. The standard InChI is InChI=1S/C13H8ClN5O4S2/c14-10-11(17-3-4-24-12(17)16-10)19(25(22)23)8-2-1-7-6-15-18(13(20)21)9(7)5-8/h1-6H,(H,20,21)(H,22,23)/p-1. The van der Waals surface area contributed by atoms with Gasteiger partial charge in [0, 0.05) is 17.0 Å². The van der Waals surface area contributed by atoms with Gasteiger partial charge in [-0.2, -0.15) is 9.78 Å². The lowest BCUT2D eigenvalue weighted by molar-refractivity contribution is 0.194. The monoisotopic (exact) mass is 396 g/mol. The smallest absolute Gasteiger partial charge is 0.432 e. The predicted molar refractivity (Wildman–Crippen MR) is 92.3 cm³/mol. The summed E-state index contributed by atoms with van der Waals surface area (Å²) in [5, 5.41) is 15.3. The number of aromatic nitrogens is 4. The maximum Gasteiger partial charge on any atom is 0.432 e. The summed E-state index contributed by atoms with van der Waals surface area (Å²) < 4.78 is 27.1. The van der Waals surface area contributed by atoms with Crippen molar-refractivity contribution in [2.24, 2.45) is 0 Å². The van der Waals surface area contributed by atoms with Gasteiger partial charge in [0.25, 0.3) is 0 Å². The van der Waals surface area contributed by atoms with E-state index in [1.807, 2.05) is 0 Å². The molecule has 25 heavy (non-hydrogen) atoms. The van der Waals surface area contributed by atoms with E-state index in [1.54, 1.807) is 22.0 Å². The quantitative estimate of drug-likeness (QED) is 0.532. The van der Waals surface area contributed by atoms with Gasteiger partial charge in [-0.15, -0.1) is 11.3 Å². The van der Waals surface area contributed by atoms with Crippen molar-refractivity contribution in [2.45, 2.75) is 0 Å². The molecule has 0 aliphatic rings. The van der Waals surface area contributed by atoms with Crippen molar-refractivity contribution < 1.29 is 18.7 Å². The summed E-state index contributed by atoms with van der Waals surface area (Å²) in [6, 6.07) is 4.53. The summed E-state index contributed by atoms with van der Waals surface area (Å²) in [5.74, 6) is 0.145. The highest BCUT2D eigenvalue weighted by molar-refractivity contribution is 7.81. The number of hydrogen-bond acceptors (Lipinski definition) is 6. The molecule has 12 heteroatoms. The third-order valence-corrected chi connectivity index (χ3v) is 5.20. The molecule has 0 fully saturated rings. The van der Waals surface area contributed by atoms with Crippen LogP contribution in [0.1, 0.15) is 0 Å². The number of carboxylic acid groups (broad SMARTS) is 1. The molecule has 3 heterocycles. The second-order valence-corrected chi connectivity index (χ2v) is 6.91. The van der Waals surface area contributed by atoms with Crippen molar-refractivity contribution in [3.8, 4) is 0 Å². The first-order valence-electron chi connectivity index (χ1n) is 6.69. The average molecular weight is 397 g/mol. The summed E-state index contributed by atoms with van der Waals surface area (Å²) in [4.78, 5) is 15.9. The zero-order valence-corrected chi connectivity index (χ0v) is 14.5. The molecular formula is C13H7ClN5O4S2-. The molecule has 0 saturated heterocycles. The van der Waals surface area contributed by atoms with Gasteiger partial charge >= 0.3 is 6.09 Å². The van der Waals surface area contributed by atoms with E-state index in [-0.39, 0.29) is 22.2 Å². The molecule has 0 aliphatic carbocycles. The van der Waals surface area contributed by atoms with Gasteiger partial charge in [-0.3, -0.25) is 12.9 Å². The van der Waals surface area contributed by atoms with Gasteiger partial charge in [0.05, 0.1) is 28.7 Å². The Balaban J connectivity index is 1.95. The van der Waals surface area contributed by atoms with Crippen LogP contribution in [-0.2, 0) is 11.3 Å². The normalized spacial score (nSPS) is 12.7. The van der Waals surface area contributed by atoms with Crippen LogP contribution >= 0.6 is 22.9 Å². The van der Waals surface area contributed by atoms with E-state index in [4.69, 9.17) is 11.6 Å². The highest BCUT2D eigenvalue weighted by atomic mass is 35.5. The van der Waals surface area contributed by atoms with Gasteiger partial charge in [0.2, 0.25) is 0 Å². The zero-order chi connectivity index (χ0) is 17.7. The van der Waals surface area contributed by atoms with E-state index < -0.39 is 17.4 Å². The Labute approximate surface area is 151 Å². The topological polar surface area (TPSA) is 116 Å². The number of halogens is 1. The van der Waals surface area contributed by atoms with Gasteiger partial charge in [-0.25, -0.2) is 9.78 Å². The van der Waals surface area contributed by atoms with E-state index in [9.17, 15) is 18.7 Å². The van der Waals surface area contributed by atoms with E-state index >= 15 is 0 Å². The fourth-order valence-corrected chi connectivity index (χ4v) is 4.16. The molecule has 0 amide bonds. The van der Waals surface area contributed by atoms with Crippen molar-refractivity contribution >= 4 is 67.7 Å². The minimum atomic E-state index is -2.72. The first kappa shape index (κ1) is 16.0. The Morgan fingerprint density at radius 1 is 1.44 bits per heavy atom. The van der Waals surface area contributed by atoms with E-state index in [1.165, 1.54) is 29.7 Å². The van der Waals surface area contributed by atoms with Crippen molar-refractivity contribution in [3.63, 3.8) is 0 Å². The number of imidazole rings is 1. The average Bonchev–Trinajstić information content (AvgIpc) is 3.23. The third-order valence-electron chi connectivity index (χ3n) is 3.51. The molecule has 0 saturated carbocycles. The summed E-state index contributed by atoms with van der Waals surface area (Å²) in [6.07, 6.45) is 1.76. The first-order chi connectivity index (χ1) is 12.0. The summed E-state index contributed by atoms with van der Waals surface area (Å²) in [7, 11) is 0. The number of rotatable bonds is 3. The lowest BCUT2D eigenvalue weighted by atomic mass is 10.2. The molecule has 1 atom stereocenters. The summed E-state index contributed by atoms with van der Waals surface area (Å²) in [6.45, 7) is 0. The van der Waals surface area contributed by atoms with Gasteiger partial charge < -0.3 is 9.66 Å². The van der Waals surface area contributed by atoms with Crippen molar-refractivity contribution in [1.29, 1.82) is 0 Å². The van der Waals surface area contributed by atoms with Gasteiger partial charge in [0.1, 0.15) is 0 Å². The molecule has 4 rings (SSSR count). The Bertz CT molecular complexity index is 1150. The fraction of sp³-hybridized carbons (Fsp3) is 0. The van der Waals surface area contributed by atoms with Crippen LogP contribution in [0.4, 0.5) is 16.3 Å². The van der Waals surface area contributed by atoms with Crippen LogP contribution in [0.2, 0.25) is 5.15 Å². The number of hydrogen-bond donors (Lipinski definition) is 1. The molecule has 0 bridgehead atoms. The number of benzene rings is 1. The maximum absolute atomic E-state index is 11.9. The minimum Gasteiger partial charge on any atom is -0.755 e. The molecule has 0 aliphatic heterocycles. The maximum atomic E-state index is 11.9. The van der Waals surface area contributed by atoms with Crippen LogP contribution in [0.5, 0.6) is 0 Å². The van der Waals surface area contributed by atoms with Crippen molar-refractivity contribution in [1.82, 2.24) is 19.2 Å². The van der Waals surface area contributed by atoms with Crippen LogP contribution < -0.4 is 4.31 Å². The van der Waals surface area contributed by atoms with Gasteiger partial charge in [0.15, 0.2) is 15.9 Å². The number of nitrogens with zero attached hydrogens (tertiary/aromatic N) is 5. The number of fused-ring (bicyclic) bond motifs is 2. The van der Waals surface area contributed by atoms with Crippen LogP contribution in [0.25, 0.3) is 15.9 Å². The summed E-state index contributed by atoms with van der Waals surface area (Å²) in [5.41, 5.74) is 0.460. The Kier molecular flexibility index (Phi) is 3.72. The van der Waals surface area contributed by atoms with Crippen LogP contribution in [-0.4, -0.2) is 39.1 Å². The molecule has 3 aromatic heterocycles. The molecule has 1 N–H and O–H groups in total. The SMILES string of the molecule is O=C(O)n1ncc2ccc(N(c3c(Cl)nc4sccn34)S(=O)[O-])cc21. The van der Waals surface area contributed by atoms with Crippen LogP contribution in [0.15, 0.2) is 36.0 Å². The third kappa shape index (κ3) is 2.48. The Morgan fingerprint density at radius 3 is 2.96 bits per heavy atom. The van der Waals surface area contributed by atoms with E-state index in [2.05, 4.69) is 10.1 Å². The van der Waals surface area contributed by atoms with Crippen LogP contribution in [0.3, 0.4) is 0 Å². The van der Waals surface area contributed by atoms with Gasteiger partial charge in [-0.1, -0.05) is 11.6 Å². The lowest BCUT2D eigenvalue weighted by Gasteiger charge is -2.25. The molecular weight excluding hydrogens is 390 g/mol. The fourth-order valence-electron chi connectivity index (χ4n) is 2.49. The van der Waals surface area contributed by atoms with Crippen molar-refractivity contribution in [3.05, 3.63) is 41.1 Å². The van der Waals surface area contributed by atoms with Crippen molar-refractivity contribution in [2.75, 3.05) is 4.31 Å². The molecule has 4 aromatic rings. The molecule has 128 valence electrons. The second kappa shape index (κ2) is 5.81. The molecule has 1 unspecified atom stereocenters. The minimum absolute atomic E-state index is 0.0166. The Morgan fingerprint density at radius 2 is 2.24 bits per heavy atom. The molecule has 0 radical (unpaired) electrons. The largest absolute Gasteiger partial charge is 0.755 e. The number of carbonyl (C=O) groups is 1. The first-order valence-corrected chi connectivity index (χ1v) is 8.98. The van der Waals surface area contributed by atoms with E-state index in [0.29, 0.717) is 10.3 Å². The highest BCUT2D eigenvalue weighted by Crippen LogP contribution is 2.36. The highest BCUT2D eigenvalue weighted by Gasteiger charge is 2.22. The van der Waals surface area contributed by atoms with E-state index in [0.717, 1.165) is 8.99 Å². The number of anilines is 2. The zero-order valence-electron chi connectivity index (χ0n) is 12.1.